The lowest BCUT2D eigenvalue weighted by Crippen LogP contribution is -2.30. The van der Waals surface area contributed by atoms with Crippen LogP contribution in [-0.2, 0) is 0 Å². The monoisotopic (exact) mass is 468 g/mol. The Balaban J connectivity index is 1.48. The largest absolute Gasteiger partial charge is 0.462 e. The molecule has 3 N–H and O–H groups in total. The van der Waals surface area contributed by atoms with Gasteiger partial charge in [0, 0.05) is 36.6 Å². The molecule has 0 saturated carbocycles. The number of nitrogens with two attached hydrogens (primary N) is 1. The van der Waals surface area contributed by atoms with Crippen LogP contribution in [0.2, 0.25) is 0 Å². The van der Waals surface area contributed by atoms with Gasteiger partial charge in [0.2, 0.25) is 0 Å². The van der Waals surface area contributed by atoms with Gasteiger partial charge in [0.15, 0.2) is 0 Å². The normalized spacial score (nSPS) is 18.7. The van der Waals surface area contributed by atoms with Crippen LogP contribution >= 0.6 is 0 Å². The summed E-state index contributed by atoms with van der Waals surface area (Å²) in [5.41, 5.74) is 10.7. The molecule has 2 aliphatic rings. The van der Waals surface area contributed by atoms with Crippen LogP contribution in [-0.4, -0.2) is 38.1 Å². The van der Waals surface area contributed by atoms with Crippen molar-refractivity contribution < 1.29 is 4.74 Å². The second kappa shape index (κ2) is 9.88. The predicted molar refractivity (Wildman–Crippen MR) is 141 cm³/mol. The number of rotatable bonds is 7. The number of imidazole rings is 1. The predicted octanol–water partition coefficient (Wildman–Crippen LogP) is 5.71. The number of fused-ring (bicyclic) bond motifs is 1. The number of nitrogen functional groups attached to an aromatic ring is 1. The lowest BCUT2D eigenvalue weighted by molar-refractivity contribution is 0.282. The van der Waals surface area contributed by atoms with Crippen molar-refractivity contribution in [2.45, 2.75) is 45.6 Å². The number of allylic oxidation sites excluding steroid dienone is 5. The smallest absolute Gasteiger partial charge is 0.150 e. The highest BCUT2D eigenvalue weighted by molar-refractivity contribution is 5.98. The molecule has 180 valence electrons. The number of likely N-dealkylation sites (tertiary alicyclic amines) is 1. The summed E-state index contributed by atoms with van der Waals surface area (Å²) in [4.78, 5) is 11.8. The molecule has 0 amide bonds. The third-order valence-corrected chi connectivity index (χ3v) is 6.89. The minimum atomic E-state index is 0.122. The van der Waals surface area contributed by atoms with Crippen LogP contribution in [0.4, 0.5) is 5.82 Å². The second-order valence-electron chi connectivity index (χ2n) is 9.15. The summed E-state index contributed by atoms with van der Waals surface area (Å²) in [5.74, 6) is 3.20. The SMILES string of the molecule is C/C=C(/C)C(=N)CN1CCC[C@H]1c1nc(-c2ccc(OC3=CC=CCC3)cc2)c2c(N)nccn12. The first kappa shape index (κ1) is 23.1. The molecule has 7 nitrogen and oxygen atoms in total. The van der Waals surface area contributed by atoms with E-state index in [0.717, 1.165) is 71.9 Å². The van der Waals surface area contributed by atoms with Crippen molar-refractivity contribution in [3.8, 4) is 17.0 Å². The van der Waals surface area contributed by atoms with Gasteiger partial charge in [0.1, 0.15) is 34.4 Å². The molecule has 0 unspecified atom stereocenters. The number of benzene rings is 1. The Morgan fingerprint density at radius 1 is 1.29 bits per heavy atom. The summed E-state index contributed by atoms with van der Waals surface area (Å²) in [6.45, 7) is 5.54. The fourth-order valence-electron chi connectivity index (χ4n) is 4.83. The maximum Gasteiger partial charge on any atom is 0.150 e. The zero-order valence-electron chi connectivity index (χ0n) is 20.4. The molecule has 5 rings (SSSR count). The number of anilines is 1. The molecule has 3 heterocycles. The Morgan fingerprint density at radius 2 is 2.11 bits per heavy atom. The van der Waals surface area contributed by atoms with E-state index in [1.54, 1.807) is 6.20 Å². The molecular weight excluding hydrogens is 436 g/mol. The Morgan fingerprint density at radius 3 is 2.86 bits per heavy atom. The first-order valence-electron chi connectivity index (χ1n) is 12.3. The van der Waals surface area contributed by atoms with Crippen molar-refractivity contribution in [1.82, 2.24) is 19.3 Å². The van der Waals surface area contributed by atoms with Crippen LogP contribution in [0.15, 0.2) is 72.3 Å². The van der Waals surface area contributed by atoms with Gasteiger partial charge >= 0.3 is 0 Å². The Kier molecular flexibility index (Phi) is 6.51. The summed E-state index contributed by atoms with van der Waals surface area (Å²) in [6, 6.07) is 8.15. The standard InChI is InChI=1S/C28H32N6O/c1-3-19(2)23(29)18-33-16-7-10-24(33)28-32-25(26-27(30)31-15-17-34(26)28)20-11-13-22(14-12-20)35-21-8-5-4-6-9-21/h3-5,8,11-15,17,24,29H,6-7,9-10,16,18H2,1-2H3,(H2,30,31)/b19-3-,29-23?/t24-/m0/s1. The summed E-state index contributed by atoms with van der Waals surface area (Å²) < 4.78 is 8.12. The highest BCUT2D eigenvalue weighted by Crippen LogP contribution is 2.37. The van der Waals surface area contributed by atoms with Crippen molar-refractivity contribution in [3.63, 3.8) is 0 Å². The van der Waals surface area contributed by atoms with Crippen LogP contribution in [0, 0.1) is 5.41 Å². The number of ether oxygens (including phenoxy) is 1. The molecule has 0 bridgehead atoms. The first-order chi connectivity index (χ1) is 17.0. The van der Waals surface area contributed by atoms with E-state index in [-0.39, 0.29) is 6.04 Å². The van der Waals surface area contributed by atoms with Crippen LogP contribution < -0.4 is 10.5 Å². The van der Waals surface area contributed by atoms with E-state index in [2.05, 4.69) is 20.4 Å². The van der Waals surface area contributed by atoms with E-state index < -0.39 is 0 Å². The maximum absolute atomic E-state index is 8.47. The van der Waals surface area contributed by atoms with E-state index in [1.165, 1.54) is 0 Å². The molecule has 1 aliphatic carbocycles. The molecule has 7 heteroatoms. The lowest BCUT2D eigenvalue weighted by atomic mass is 10.1. The highest BCUT2D eigenvalue weighted by atomic mass is 16.5. The maximum atomic E-state index is 8.47. The average molecular weight is 469 g/mol. The van der Waals surface area contributed by atoms with Gasteiger partial charge in [-0.2, -0.15) is 0 Å². The number of hydrogen-bond donors (Lipinski definition) is 2. The van der Waals surface area contributed by atoms with Gasteiger partial charge in [-0.05, 0) is 75.6 Å². The zero-order valence-corrected chi connectivity index (χ0v) is 20.4. The second-order valence-corrected chi connectivity index (χ2v) is 9.15. The third-order valence-electron chi connectivity index (χ3n) is 6.89. The van der Waals surface area contributed by atoms with Crippen molar-refractivity contribution >= 4 is 17.0 Å². The van der Waals surface area contributed by atoms with E-state index in [4.69, 9.17) is 20.9 Å². The Hall–Kier alpha value is -3.71. The van der Waals surface area contributed by atoms with Gasteiger partial charge < -0.3 is 15.9 Å². The lowest BCUT2D eigenvalue weighted by Gasteiger charge is -2.24. The molecular formula is C28H32N6O. The number of hydrogen-bond acceptors (Lipinski definition) is 6. The third kappa shape index (κ3) is 4.64. The van der Waals surface area contributed by atoms with Gasteiger partial charge in [0.05, 0.1) is 6.04 Å². The first-order valence-corrected chi connectivity index (χ1v) is 12.3. The van der Waals surface area contributed by atoms with Crippen LogP contribution in [0.1, 0.15) is 51.4 Å². The summed E-state index contributed by atoms with van der Waals surface area (Å²) in [7, 11) is 0. The molecule has 35 heavy (non-hydrogen) atoms. The van der Waals surface area contributed by atoms with E-state index in [0.29, 0.717) is 18.1 Å². The van der Waals surface area contributed by atoms with E-state index in [9.17, 15) is 0 Å². The molecule has 3 aromatic rings. The van der Waals surface area contributed by atoms with Crippen LogP contribution in [0.25, 0.3) is 16.8 Å². The molecule has 0 radical (unpaired) electrons. The summed E-state index contributed by atoms with van der Waals surface area (Å²) in [5, 5.41) is 8.47. The number of nitrogens with zero attached hydrogens (tertiary/aromatic N) is 4. The van der Waals surface area contributed by atoms with Gasteiger partial charge in [-0.25, -0.2) is 9.97 Å². The van der Waals surface area contributed by atoms with Crippen molar-refractivity contribution in [2.24, 2.45) is 0 Å². The van der Waals surface area contributed by atoms with Crippen LogP contribution in [0.3, 0.4) is 0 Å². The number of aromatic nitrogens is 3. The molecule has 1 fully saturated rings. The fraction of sp³-hybridized carbons (Fsp3) is 0.321. The molecule has 2 aromatic heterocycles. The minimum Gasteiger partial charge on any atom is -0.462 e. The van der Waals surface area contributed by atoms with Crippen molar-refractivity contribution in [3.05, 3.63) is 78.1 Å². The quantitative estimate of drug-likeness (QED) is 0.433. The fourth-order valence-corrected chi connectivity index (χ4v) is 4.83. The van der Waals surface area contributed by atoms with E-state index >= 15 is 0 Å². The van der Waals surface area contributed by atoms with Crippen LogP contribution in [0.5, 0.6) is 5.75 Å². The Labute approximate surface area is 206 Å². The summed E-state index contributed by atoms with van der Waals surface area (Å²) in [6.07, 6.45) is 15.9. The molecule has 1 atom stereocenters. The van der Waals surface area contributed by atoms with Gasteiger partial charge in [-0.15, -0.1) is 0 Å². The molecule has 1 aliphatic heterocycles. The van der Waals surface area contributed by atoms with Crippen molar-refractivity contribution in [1.29, 1.82) is 5.41 Å². The Bertz CT molecular complexity index is 1330. The topological polar surface area (TPSA) is 92.5 Å². The van der Waals surface area contributed by atoms with Gasteiger partial charge in [-0.3, -0.25) is 9.30 Å². The average Bonchev–Trinajstić information content (AvgIpc) is 3.49. The highest BCUT2D eigenvalue weighted by Gasteiger charge is 2.31. The molecule has 0 spiro atoms. The van der Waals surface area contributed by atoms with Gasteiger partial charge in [0.25, 0.3) is 0 Å². The minimum absolute atomic E-state index is 0.122. The van der Waals surface area contributed by atoms with Gasteiger partial charge in [-0.1, -0.05) is 18.2 Å². The summed E-state index contributed by atoms with van der Waals surface area (Å²) >= 11 is 0. The molecule has 1 aromatic carbocycles. The zero-order chi connectivity index (χ0) is 24.4. The molecule has 1 saturated heterocycles. The van der Waals surface area contributed by atoms with E-state index in [1.807, 2.05) is 62.5 Å². The van der Waals surface area contributed by atoms with Crippen molar-refractivity contribution in [2.75, 3.05) is 18.8 Å². The number of nitrogens with one attached hydrogen (secondary N) is 1.